The molecule has 10 nitrogen and oxygen atoms in total. The summed E-state index contributed by atoms with van der Waals surface area (Å²) in [4.78, 5) is 37.4. The Kier molecular flexibility index (Phi) is 36.1. The lowest BCUT2D eigenvalue weighted by molar-refractivity contribution is -0.870. The van der Waals surface area contributed by atoms with Gasteiger partial charge in [0.2, 0.25) is 0 Å². The van der Waals surface area contributed by atoms with E-state index in [1.165, 1.54) is 64.2 Å². The zero-order valence-corrected chi connectivity index (χ0v) is 36.2. The van der Waals surface area contributed by atoms with Crippen LogP contribution in [0.15, 0.2) is 48.6 Å². The zero-order valence-electron chi connectivity index (χ0n) is 35.3. The fourth-order valence-corrected chi connectivity index (χ4v) is 6.24. The molecule has 0 radical (unpaired) electrons. The van der Waals surface area contributed by atoms with Crippen molar-refractivity contribution in [3.8, 4) is 0 Å². The number of esters is 2. The Morgan fingerprint density at radius 3 is 1.62 bits per heavy atom. The van der Waals surface area contributed by atoms with Gasteiger partial charge in [-0.2, -0.15) is 0 Å². The summed E-state index contributed by atoms with van der Waals surface area (Å²) in [6, 6.07) is 0. The predicted octanol–water partition coefficient (Wildman–Crippen LogP) is 10.2. The first kappa shape index (κ1) is 52.9. The molecular weight excluding hydrogens is 717 g/mol. The molecular formula is C44H80NO9P. The van der Waals surface area contributed by atoms with Crippen molar-refractivity contribution in [2.75, 3.05) is 54.1 Å². The van der Waals surface area contributed by atoms with Crippen molar-refractivity contribution in [1.82, 2.24) is 0 Å². The third-order valence-corrected chi connectivity index (χ3v) is 9.87. The molecule has 2 unspecified atom stereocenters. The summed E-state index contributed by atoms with van der Waals surface area (Å²) < 4.78 is 33.8. The summed E-state index contributed by atoms with van der Waals surface area (Å²) >= 11 is 0. The van der Waals surface area contributed by atoms with Crippen molar-refractivity contribution >= 4 is 19.8 Å². The van der Waals surface area contributed by atoms with Gasteiger partial charge in [-0.15, -0.1) is 0 Å². The minimum Gasteiger partial charge on any atom is -0.756 e. The van der Waals surface area contributed by atoms with Gasteiger partial charge in [-0.25, -0.2) is 0 Å². The fourth-order valence-electron chi connectivity index (χ4n) is 5.51. The van der Waals surface area contributed by atoms with Gasteiger partial charge in [0.25, 0.3) is 7.82 Å². The van der Waals surface area contributed by atoms with E-state index < -0.39 is 32.5 Å². The molecule has 0 amide bonds. The van der Waals surface area contributed by atoms with Crippen LogP contribution in [-0.2, 0) is 32.7 Å². The smallest absolute Gasteiger partial charge is 0.306 e. The molecule has 1 N–H and O–H groups in total. The average molecular weight is 798 g/mol. The van der Waals surface area contributed by atoms with E-state index in [1.54, 1.807) is 0 Å². The largest absolute Gasteiger partial charge is 0.756 e. The van der Waals surface area contributed by atoms with Crippen molar-refractivity contribution in [3.63, 3.8) is 0 Å². The number of hydrogen-bond acceptors (Lipinski definition) is 9. The highest BCUT2D eigenvalue weighted by Gasteiger charge is 2.21. The second-order valence-corrected chi connectivity index (χ2v) is 16.8. The average Bonchev–Trinajstić information content (AvgIpc) is 3.13. The molecule has 2 atom stereocenters. The SMILES string of the molecule is CCCCCCCCCCCCCCCC(=O)OCC(COP(=O)([O-])OCC[N+](C)(C)C)OC(=O)CCC/C=C\C/C=C\C/C=C\C/C=C\CCCCCO. The maximum Gasteiger partial charge on any atom is 0.306 e. The minimum absolute atomic E-state index is 0.0464. The predicted molar refractivity (Wildman–Crippen MR) is 223 cm³/mol. The summed E-state index contributed by atoms with van der Waals surface area (Å²) in [5, 5.41) is 8.79. The molecule has 0 bridgehead atoms. The molecule has 0 saturated carbocycles. The van der Waals surface area contributed by atoms with Crippen LogP contribution in [0.2, 0.25) is 0 Å². The molecule has 0 spiro atoms. The number of ether oxygens (including phenoxy) is 2. The van der Waals surface area contributed by atoms with Crippen LogP contribution in [0.3, 0.4) is 0 Å². The monoisotopic (exact) mass is 798 g/mol. The van der Waals surface area contributed by atoms with E-state index in [1.807, 2.05) is 27.2 Å². The van der Waals surface area contributed by atoms with E-state index in [2.05, 4.69) is 49.5 Å². The lowest BCUT2D eigenvalue weighted by Gasteiger charge is -2.28. The molecule has 0 fully saturated rings. The summed E-state index contributed by atoms with van der Waals surface area (Å²) in [6.45, 7) is 2.15. The Morgan fingerprint density at radius 2 is 1.09 bits per heavy atom. The van der Waals surface area contributed by atoms with E-state index in [-0.39, 0.29) is 32.7 Å². The number of carbonyl (C=O) groups excluding carboxylic acids is 2. The quantitative estimate of drug-likeness (QED) is 0.0212. The number of phosphoric acid groups is 1. The van der Waals surface area contributed by atoms with Crippen LogP contribution in [0.4, 0.5) is 0 Å². The normalized spacial score (nSPS) is 14.1. The Balaban J connectivity index is 4.47. The maximum atomic E-state index is 12.6. The first-order chi connectivity index (χ1) is 26.5. The van der Waals surface area contributed by atoms with Crippen LogP contribution in [0.5, 0.6) is 0 Å². The van der Waals surface area contributed by atoms with Gasteiger partial charge in [0, 0.05) is 19.4 Å². The van der Waals surface area contributed by atoms with Gasteiger partial charge in [-0.3, -0.25) is 14.2 Å². The first-order valence-electron chi connectivity index (χ1n) is 21.5. The topological polar surface area (TPSA) is 131 Å². The summed E-state index contributed by atoms with van der Waals surface area (Å²) in [5.74, 6) is -0.914. The van der Waals surface area contributed by atoms with E-state index >= 15 is 0 Å². The standard InChI is InChI=1S/C44H80NO9P/c1-5-6-7-8-9-10-11-17-20-23-26-29-32-35-43(47)51-40-42(41-53-55(49,50)52-39-37-45(2,3)4)54-44(48)36-33-30-27-24-21-18-15-13-12-14-16-19-22-25-28-31-34-38-46/h12,14-15,18-19,22,24,27,42,46H,5-11,13,16-17,20-21,23,25-26,28-41H2,1-4H3/b14-12-,18-15-,22-19-,27-24-. The Bertz CT molecular complexity index is 1080. The molecule has 0 rings (SSSR count). The third kappa shape index (κ3) is 41.4. The molecule has 0 aromatic rings. The number of hydrogen-bond donors (Lipinski definition) is 1. The molecule has 11 heteroatoms. The van der Waals surface area contributed by atoms with E-state index in [4.69, 9.17) is 23.6 Å². The molecule has 0 heterocycles. The molecule has 0 aliphatic carbocycles. The molecule has 0 aromatic carbocycles. The van der Waals surface area contributed by atoms with Gasteiger partial charge in [-0.1, -0.05) is 139 Å². The Hall–Kier alpha value is -2.07. The van der Waals surface area contributed by atoms with E-state index in [0.717, 1.165) is 64.2 Å². The number of phosphoric ester groups is 1. The molecule has 55 heavy (non-hydrogen) atoms. The van der Waals surface area contributed by atoms with Gasteiger partial charge in [0.1, 0.15) is 19.8 Å². The second kappa shape index (κ2) is 37.5. The van der Waals surface area contributed by atoms with Crippen LogP contribution >= 0.6 is 7.82 Å². The summed E-state index contributed by atoms with van der Waals surface area (Å²) in [7, 11) is 1.11. The van der Waals surface area contributed by atoms with Crippen LogP contribution in [-0.4, -0.2) is 81.7 Å². The number of carbonyl (C=O) groups is 2. The molecule has 0 aromatic heterocycles. The maximum absolute atomic E-state index is 12.6. The van der Waals surface area contributed by atoms with Gasteiger partial charge >= 0.3 is 11.9 Å². The number of allylic oxidation sites excluding steroid dienone is 8. The van der Waals surface area contributed by atoms with Crippen molar-refractivity contribution in [3.05, 3.63) is 48.6 Å². The third-order valence-electron chi connectivity index (χ3n) is 8.91. The van der Waals surface area contributed by atoms with Crippen LogP contribution < -0.4 is 4.89 Å². The Labute approximate surface area is 336 Å². The molecule has 320 valence electrons. The summed E-state index contributed by atoms with van der Waals surface area (Å²) in [5.41, 5.74) is 0. The second-order valence-electron chi connectivity index (χ2n) is 15.4. The number of likely N-dealkylation sites (N-methyl/N-ethyl adjacent to an activating group) is 1. The highest BCUT2D eigenvalue weighted by atomic mass is 31.2. The molecule has 0 aliphatic rings. The first-order valence-corrected chi connectivity index (χ1v) is 22.9. The minimum atomic E-state index is -4.64. The molecule has 0 aliphatic heterocycles. The number of aliphatic hydroxyl groups is 1. The number of rotatable bonds is 39. The van der Waals surface area contributed by atoms with Crippen LogP contribution in [0.25, 0.3) is 0 Å². The number of aliphatic hydroxyl groups excluding tert-OH is 1. The van der Waals surface area contributed by atoms with Crippen molar-refractivity contribution < 1.29 is 47.2 Å². The Morgan fingerprint density at radius 1 is 0.618 bits per heavy atom. The van der Waals surface area contributed by atoms with Crippen molar-refractivity contribution in [2.24, 2.45) is 0 Å². The van der Waals surface area contributed by atoms with Gasteiger partial charge in [0.05, 0.1) is 27.7 Å². The number of quaternary nitrogens is 1. The zero-order chi connectivity index (χ0) is 40.7. The van der Waals surface area contributed by atoms with Crippen LogP contribution in [0, 0.1) is 0 Å². The lowest BCUT2D eigenvalue weighted by Crippen LogP contribution is -2.37. The highest BCUT2D eigenvalue weighted by Crippen LogP contribution is 2.38. The molecule has 0 saturated heterocycles. The van der Waals surface area contributed by atoms with E-state index in [0.29, 0.717) is 23.9 Å². The number of nitrogens with zero attached hydrogens (tertiary/aromatic N) is 1. The number of unbranched alkanes of at least 4 members (excludes halogenated alkanes) is 16. The van der Waals surface area contributed by atoms with E-state index in [9.17, 15) is 19.0 Å². The van der Waals surface area contributed by atoms with Crippen molar-refractivity contribution in [2.45, 2.75) is 167 Å². The lowest BCUT2D eigenvalue weighted by atomic mass is 10.0. The van der Waals surface area contributed by atoms with Crippen LogP contribution in [0.1, 0.15) is 161 Å². The highest BCUT2D eigenvalue weighted by molar-refractivity contribution is 7.45. The van der Waals surface area contributed by atoms with Gasteiger partial charge < -0.3 is 33.0 Å². The van der Waals surface area contributed by atoms with Gasteiger partial charge in [-0.05, 0) is 57.8 Å². The summed E-state index contributed by atoms with van der Waals surface area (Å²) in [6.07, 6.45) is 40.1. The van der Waals surface area contributed by atoms with Gasteiger partial charge in [0.15, 0.2) is 6.10 Å². The fraction of sp³-hybridized carbons (Fsp3) is 0.773. The van der Waals surface area contributed by atoms with Crippen molar-refractivity contribution in [1.29, 1.82) is 0 Å².